The monoisotopic (exact) mass is 551 g/mol. The molecule has 0 spiro atoms. The minimum absolute atomic E-state index is 0.0102. The second-order valence-corrected chi connectivity index (χ2v) is 10.7. The Labute approximate surface area is 218 Å². The third-order valence-corrected chi connectivity index (χ3v) is 8.12. The third kappa shape index (κ3) is 6.08. The molecule has 9 nitrogen and oxygen atoms in total. The molecule has 2 N–H and O–H groups in total. The minimum Gasteiger partial charge on any atom is -0.459 e. The third-order valence-electron chi connectivity index (χ3n) is 5.53. The zero-order valence-electron chi connectivity index (χ0n) is 18.9. The number of nitrogens with zero attached hydrogens (tertiary/aromatic N) is 1. The summed E-state index contributed by atoms with van der Waals surface area (Å²) in [4.78, 5) is 25.6. The zero-order chi connectivity index (χ0) is 25.7. The Bertz CT molecular complexity index is 1320. The molecule has 1 unspecified atom stereocenters. The number of amides is 2. The molecule has 1 fully saturated rings. The van der Waals surface area contributed by atoms with Crippen molar-refractivity contribution in [3.63, 3.8) is 0 Å². The lowest BCUT2D eigenvalue weighted by atomic mass is 10.1. The number of benzene rings is 2. The van der Waals surface area contributed by atoms with Crippen molar-refractivity contribution in [3.05, 3.63) is 88.3 Å². The fourth-order valence-corrected chi connectivity index (χ4v) is 5.93. The summed E-state index contributed by atoms with van der Waals surface area (Å²) in [6, 6.07) is 15.0. The van der Waals surface area contributed by atoms with Crippen molar-refractivity contribution in [1.82, 2.24) is 14.9 Å². The number of morpholine rings is 1. The van der Waals surface area contributed by atoms with Crippen LogP contribution >= 0.6 is 23.2 Å². The van der Waals surface area contributed by atoms with Crippen molar-refractivity contribution in [3.8, 4) is 0 Å². The van der Waals surface area contributed by atoms with E-state index in [-0.39, 0.29) is 41.9 Å². The van der Waals surface area contributed by atoms with Gasteiger partial charge in [-0.2, -0.15) is 4.31 Å². The van der Waals surface area contributed by atoms with Gasteiger partial charge in [-0.3, -0.25) is 9.59 Å². The molecule has 1 aliphatic rings. The normalized spacial score (nSPS) is 17.3. The average molecular weight is 552 g/mol. The van der Waals surface area contributed by atoms with Crippen molar-refractivity contribution in [2.24, 2.45) is 0 Å². The Balaban J connectivity index is 1.43. The van der Waals surface area contributed by atoms with Gasteiger partial charge in [0.05, 0.1) is 24.0 Å². The largest absolute Gasteiger partial charge is 0.459 e. The SMILES string of the molecule is O=C(N[C@H](C(=O)NCC1CN(S(=O)(=O)c2ccc(Cl)cc2Cl)CCO1)c1ccccc1)c1ccco1. The molecule has 1 aromatic heterocycles. The predicted molar refractivity (Wildman–Crippen MR) is 133 cm³/mol. The molecule has 1 saturated heterocycles. The highest BCUT2D eigenvalue weighted by Crippen LogP contribution is 2.28. The molecule has 2 heterocycles. The smallest absolute Gasteiger partial charge is 0.287 e. The van der Waals surface area contributed by atoms with Crippen LogP contribution < -0.4 is 10.6 Å². The van der Waals surface area contributed by atoms with Crippen molar-refractivity contribution < 1.29 is 27.2 Å². The molecule has 36 heavy (non-hydrogen) atoms. The van der Waals surface area contributed by atoms with Crippen LogP contribution in [0.2, 0.25) is 10.0 Å². The number of hydrogen-bond donors (Lipinski definition) is 2. The number of hydrogen-bond acceptors (Lipinski definition) is 6. The Morgan fingerprint density at radius 1 is 1.08 bits per heavy atom. The van der Waals surface area contributed by atoms with Gasteiger partial charge in [-0.25, -0.2) is 8.42 Å². The van der Waals surface area contributed by atoms with Crippen LogP contribution in [0.5, 0.6) is 0 Å². The molecule has 3 aromatic rings. The van der Waals surface area contributed by atoms with Gasteiger partial charge in [0.2, 0.25) is 15.9 Å². The van der Waals surface area contributed by atoms with Crippen LogP contribution in [0.15, 0.2) is 76.2 Å². The molecule has 0 radical (unpaired) electrons. The summed E-state index contributed by atoms with van der Waals surface area (Å²) in [6.45, 7) is 0.315. The van der Waals surface area contributed by atoms with Gasteiger partial charge in [0.1, 0.15) is 10.9 Å². The average Bonchev–Trinajstić information content (AvgIpc) is 3.41. The van der Waals surface area contributed by atoms with Crippen molar-refractivity contribution in [2.45, 2.75) is 17.0 Å². The second kappa shape index (κ2) is 11.4. The number of furan rings is 1. The van der Waals surface area contributed by atoms with Crippen LogP contribution in [-0.4, -0.2) is 56.9 Å². The molecule has 2 atom stereocenters. The van der Waals surface area contributed by atoms with E-state index in [2.05, 4.69) is 10.6 Å². The molecular formula is C24H23Cl2N3O6S. The minimum atomic E-state index is -3.90. The van der Waals surface area contributed by atoms with E-state index in [9.17, 15) is 18.0 Å². The summed E-state index contributed by atoms with van der Waals surface area (Å²) in [5.41, 5.74) is 0.570. The summed E-state index contributed by atoms with van der Waals surface area (Å²) in [7, 11) is -3.90. The first-order valence-corrected chi connectivity index (χ1v) is 13.2. The van der Waals surface area contributed by atoms with Crippen LogP contribution in [0.1, 0.15) is 22.2 Å². The maximum absolute atomic E-state index is 13.1. The van der Waals surface area contributed by atoms with Crippen LogP contribution in [0.25, 0.3) is 0 Å². The lowest BCUT2D eigenvalue weighted by Gasteiger charge is -2.32. The number of carbonyl (C=O) groups excluding carboxylic acids is 2. The molecule has 0 saturated carbocycles. The van der Waals surface area contributed by atoms with Crippen molar-refractivity contribution >= 4 is 45.0 Å². The molecular weight excluding hydrogens is 529 g/mol. The standard InChI is InChI=1S/C24H23Cl2N3O6S/c25-17-8-9-21(19(26)13-17)36(32,33)29-10-12-34-18(15-29)14-27-24(31)22(16-5-2-1-3-6-16)28-23(30)20-7-4-11-35-20/h1-9,11,13,18,22H,10,12,14-15H2,(H,27,31)(H,28,30)/t18?,22-/m0/s1. The first-order valence-electron chi connectivity index (χ1n) is 11.0. The molecule has 1 aliphatic heterocycles. The molecule has 190 valence electrons. The Morgan fingerprint density at radius 3 is 2.56 bits per heavy atom. The van der Waals surface area contributed by atoms with E-state index in [0.29, 0.717) is 10.6 Å². The highest BCUT2D eigenvalue weighted by molar-refractivity contribution is 7.89. The van der Waals surface area contributed by atoms with E-state index in [1.807, 2.05) is 0 Å². The Kier molecular flexibility index (Phi) is 8.32. The molecule has 4 rings (SSSR count). The van der Waals surface area contributed by atoms with E-state index in [4.69, 9.17) is 32.4 Å². The fourth-order valence-electron chi connectivity index (χ4n) is 3.73. The molecule has 12 heteroatoms. The lowest BCUT2D eigenvalue weighted by Crippen LogP contribution is -2.50. The van der Waals surface area contributed by atoms with Crippen LogP contribution in [0, 0.1) is 0 Å². The Morgan fingerprint density at radius 2 is 1.86 bits per heavy atom. The second-order valence-electron chi connectivity index (χ2n) is 7.97. The summed E-state index contributed by atoms with van der Waals surface area (Å²) in [6.07, 6.45) is 0.755. The van der Waals surface area contributed by atoms with Gasteiger partial charge in [0, 0.05) is 24.7 Å². The first kappa shape index (κ1) is 26.2. The zero-order valence-corrected chi connectivity index (χ0v) is 21.2. The van der Waals surface area contributed by atoms with E-state index >= 15 is 0 Å². The molecule has 0 bridgehead atoms. The van der Waals surface area contributed by atoms with Crippen LogP contribution in [0.3, 0.4) is 0 Å². The number of halogens is 2. The highest BCUT2D eigenvalue weighted by atomic mass is 35.5. The van der Waals surface area contributed by atoms with E-state index in [1.54, 1.807) is 36.4 Å². The maximum Gasteiger partial charge on any atom is 0.287 e. The van der Waals surface area contributed by atoms with Gasteiger partial charge in [-0.1, -0.05) is 53.5 Å². The topological polar surface area (TPSA) is 118 Å². The molecule has 2 aromatic carbocycles. The highest BCUT2D eigenvalue weighted by Gasteiger charge is 2.33. The van der Waals surface area contributed by atoms with E-state index in [0.717, 1.165) is 0 Å². The summed E-state index contributed by atoms with van der Waals surface area (Å²) in [5.74, 6) is -0.957. The van der Waals surface area contributed by atoms with Crippen LogP contribution in [0.4, 0.5) is 0 Å². The molecule has 0 aliphatic carbocycles. The first-order chi connectivity index (χ1) is 17.3. The van der Waals surface area contributed by atoms with E-state index in [1.165, 1.54) is 34.8 Å². The number of ether oxygens (including phenoxy) is 1. The number of carbonyl (C=O) groups is 2. The van der Waals surface area contributed by atoms with Gasteiger partial charge in [-0.15, -0.1) is 0 Å². The van der Waals surface area contributed by atoms with Crippen LogP contribution in [-0.2, 0) is 19.6 Å². The van der Waals surface area contributed by atoms with Gasteiger partial charge < -0.3 is 19.8 Å². The summed E-state index contributed by atoms with van der Waals surface area (Å²) < 4.78 is 38.3. The van der Waals surface area contributed by atoms with Gasteiger partial charge in [-0.05, 0) is 35.9 Å². The van der Waals surface area contributed by atoms with E-state index < -0.39 is 34.0 Å². The van der Waals surface area contributed by atoms with Crippen molar-refractivity contribution in [2.75, 3.05) is 26.2 Å². The maximum atomic E-state index is 13.1. The fraction of sp³-hybridized carbons (Fsp3) is 0.250. The number of nitrogens with one attached hydrogen (secondary N) is 2. The quantitative estimate of drug-likeness (QED) is 0.443. The predicted octanol–water partition coefficient (Wildman–Crippen LogP) is 3.26. The lowest BCUT2D eigenvalue weighted by molar-refractivity contribution is -0.124. The number of rotatable bonds is 8. The van der Waals surface area contributed by atoms with Gasteiger partial charge in [0.15, 0.2) is 5.76 Å². The molecule has 2 amide bonds. The number of sulfonamides is 1. The summed E-state index contributed by atoms with van der Waals surface area (Å²) in [5, 5.41) is 5.78. The Hall–Kier alpha value is -2.89. The van der Waals surface area contributed by atoms with Gasteiger partial charge in [0.25, 0.3) is 5.91 Å². The summed E-state index contributed by atoms with van der Waals surface area (Å²) >= 11 is 12.0. The van der Waals surface area contributed by atoms with Gasteiger partial charge >= 0.3 is 0 Å². The van der Waals surface area contributed by atoms with Crippen molar-refractivity contribution in [1.29, 1.82) is 0 Å².